The van der Waals surface area contributed by atoms with Crippen LogP contribution in [-0.2, 0) is 8.85 Å². The predicted octanol–water partition coefficient (Wildman–Crippen LogP) is 6.05. The lowest BCUT2D eigenvalue weighted by molar-refractivity contribution is 0.122. The van der Waals surface area contributed by atoms with Crippen LogP contribution in [0.15, 0.2) is 0 Å². The highest BCUT2D eigenvalue weighted by atomic mass is 28.4. The van der Waals surface area contributed by atoms with Crippen molar-refractivity contribution in [1.82, 2.24) is 0 Å². The fraction of sp³-hybridized carbons (Fsp3) is 1.00. The Morgan fingerprint density at radius 3 is 1.95 bits per heavy atom. The summed E-state index contributed by atoms with van der Waals surface area (Å²) in [6.07, 6.45) is 13.3. The monoisotopic (exact) mass is 302 g/mol. The molecule has 0 aliphatic rings. The first-order valence-corrected chi connectivity index (χ1v) is 11.6. The van der Waals surface area contributed by atoms with Gasteiger partial charge < -0.3 is 8.85 Å². The molecule has 0 heterocycles. The standard InChI is InChI=1S/C17H38O2Si/c1-6-8-10-12-14-16-18-20(4,5)19-17(3)15-13-11-9-7-2/h17H,6-16H2,1-5H3. The molecule has 2 nitrogen and oxygen atoms in total. The van der Waals surface area contributed by atoms with Gasteiger partial charge in [-0.2, -0.15) is 0 Å². The fourth-order valence-electron chi connectivity index (χ4n) is 2.46. The number of hydrogen-bond acceptors (Lipinski definition) is 2. The second-order valence-corrected chi connectivity index (χ2v) is 9.76. The quantitative estimate of drug-likeness (QED) is 0.287. The number of hydrogen-bond donors (Lipinski definition) is 0. The van der Waals surface area contributed by atoms with Gasteiger partial charge in [0.25, 0.3) is 0 Å². The Bertz CT molecular complexity index is 207. The summed E-state index contributed by atoms with van der Waals surface area (Å²) in [5.41, 5.74) is 0. The van der Waals surface area contributed by atoms with Gasteiger partial charge >= 0.3 is 8.56 Å². The molecule has 0 radical (unpaired) electrons. The molecule has 0 aliphatic heterocycles. The van der Waals surface area contributed by atoms with Crippen molar-refractivity contribution in [2.45, 2.75) is 104 Å². The van der Waals surface area contributed by atoms with Crippen LogP contribution < -0.4 is 0 Å². The summed E-state index contributed by atoms with van der Waals surface area (Å²) in [4.78, 5) is 0. The molecule has 0 aromatic heterocycles. The van der Waals surface area contributed by atoms with Crippen LogP contribution in [0.1, 0.15) is 85.0 Å². The van der Waals surface area contributed by atoms with Crippen LogP contribution in [0, 0.1) is 0 Å². The molecule has 1 unspecified atom stereocenters. The second-order valence-electron chi connectivity index (χ2n) is 6.44. The summed E-state index contributed by atoms with van der Waals surface area (Å²) in [5, 5.41) is 0. The summed E-state index contributed by atoms with van der Waals surface area (Å²) in [6.45, 7) is 12.0. The fourth-order valence-corrected chi connectivity index (χ4v) is 4.25. The van der Waals surface area contributed by atoms with Crippen molar-refractivity contribution in [1.29, 1.82) is 0 Å². The highest BCUT2D eigenvalue weighted by molar-refractivity contribution is 6.64. The van der Waals surface area contributed by atoms with E-state index < -0.39 is 8.56 Å². The van der Waals surface area contributed by atoms with Gasteiger partial charge in [-0.25, -0.2) is 0 Å². The maximum Gasteiger partial charge on any atom is 0.331 e. The number of rotatable bonds is 14. The third-order valence-corrected chi connectivity index (χ3v) is 5.52. The first-order chi connectivity index (χ1) is 9.52. The summed E-state index contributed by atoms with van der Waals surface area (Å²) in [7, 11) is -1.90. The molecule has 0 bridgehead atoms. The van der Waals surface area contributed by atoms with Crippen molar-refractivity contribution in [2.24, 2.45) is 0 Å². The average molecular weight is 303 g/mol. The zero-order valence-electron chi connectivity index (χ0n) is 14.7. The van der Waals surface area contributed by atoms with E-state index in [0.717, 1.165) is 6.61 Å². The largest absolute Gasteiger partial charge is 0.395 e. The van der Waals surface area contributed by atoms with Gasteiger partial charge in [0.2, 0.25) is 0 Å². The molecule has 0 saturated carbocycles. The van der Waals surface area contributed by atoms with Crippen molar-refractivity contribution in [3.63, 3.8) is 0 Å². The SMILES string of the molecule is CCCCCCCO[Si](C)(C)OC(C)CCCCCC. The minimum absolute atomic E-state index is 0.355. The van der Waals surface area contributed by atoms with E-state index in [1.165, 1.54) is 64.2 Å². The zero-order chi connectivity index (χ0) is 15.3. The average Bonchev–Trinajstić information content (AvgIpc) is 2.38. The maximum atomic E-state index is 6.16. The Kier molecular flexibility index (Phi) is 12.9. The topological polar surface area (TPSA) is 18.5 Å². The molecule has 0 amide bonds. The summed E-state index contributed by atoms with van der Waals surface area (Å²) < 4.78 is 12.2. The number of unbranched alkanes of at least 4 members (excludes halogenated alkanes) is 7. The van der Waals surface area contributed by atoms with E-state index in [9.17, 15) is 0 Å². The van der Waals surface area contributed by atoms with E-state index in [1.807, 2.05) is 0 Å². The lowest BCUT2D eigenvalue weighted by Crippen LogP contribution is -2.38. The van der Waals surface area contributed by atoms with Gasteiger partial charge in [0.05, 0.1) is 0 Å². The molecule has 1 atom stereocenters. The molecule has 0 aromatic carbocycles. The Labute approximate surface area is 128 Å². The highest BCUT2D eigenvalue weighted by Crippen LogP contribution is 2.15. The van der Waals surface area contributed by atoms with Crippen LogP contribution >= 0.6 is 0 Å². The molecule has 122 valence electrons. The molecule has 0 spiro atoms. The smallest absolute Gasteiger partial charge is 0.331 e. The van der Waals surface area contributed by atoms with Crippen LogP contribution in [0.2, 0.25) is 13.1 Å². The van der Waals surface area contributed by atoms with Crippen LogP contribution in [0.25, 0.3) is 0 Å². The van der Waals surface area contributed by atoms with Gasteiger partial charge in [0.1, 0.15) is 0 Å². The molecule has 0 N–H and O–H groups in total. The van der Waals surface area contributed by atoms with E-state index in [2.05, 4.69) is 33.9 Å². The van der Waals surface area contributed by atoms with Crippen LogP contribution in [0.5, 0.6) is 0 Å². The molecule has 3 heteroatoms. The highest BCUT2D eigenvalue weighted by Gasteiger charge is 2.26. The summed E-state index contributed by atoms with van der Waals surface area (Å²) in [5.74, 6) is 0. The molecule has 0 aliphatic carbocycles. The Morgan fingerprint density at radius 2 is 1.35 bits per heavy atom. The van der Waals surface area contributed by atoms with E-state index in [4.69, 9.17) is 8.85 Å². The molecular weight excluding hydrogens is 264 g/mol. The third kappa shape index (κ3) is 13.1. The van der Waals surface area contributed by atoms with E-state index in [-0.39, 0.29) is 0 Å². The van der Waals surface area contributed by atoms with E-state index in [0.29, 0.717) is 6.10 Å². The van der Waals surface area contributed by atoms with Gasteiger partial charge in [0.15, 0.2) is 0 Å². The third-order valence-electron chi connectivity index (χ3n) is 3.65. The van der Waals surface area contributed by atoms with Gasteiger partial charge in [-0.3, -0.25) is 0 Å². The summed E-state index contributed by atoms with van der Waals surface area (Å²) in [6, 6.07) is 0. The molecule has 0 fully saturated rings. The van der Waals surface area contributed by atoms with Crippen LogP contribution in [-0.4, -0.2) is 21.3 Å². The lowest BCUT2D eigenvalue weighted by atomic mass is 10.1. The van der Waals surface area contributed by atoms with Crippen molar-refractivity contribution in [3.8, 4) is 0 Å². The molecular formula is C17H38O2Si. The van der Waals surface area contributed by atoms with Crippen molar-refractivity contribution in [3.05, 3.63) is 0 Å². The molecule has 0 rings (SSSR count). The molecule has 0 aromatic rings. The first-order valence-electron chi connectivity index (χ1n) is 8.83. The minimum Gasteiger partial charge on any atom is -0.395 e. The normalized spacial score (nSPS) is 13.7. The van der Waals surface area contributed by atoms with Crippen LogP contribution in [0.4, 0.5) is 0 Å². The minimum atomic E-state index is -1.90. The van der Waals surface area contributed by atoms with Crippen molar-refractivity contribution >= 4 is 8.56 Å². The van der Waals surface area contributed by atoms with Gasteiger partial charge in [-0.1, -0.05) is 65.2 Å². The first kappa shape index (κ1) is 20.1. The lowest BCUT2D eigenvalue weighted by Gasteiger charge is -2.27. The van der Waals surface area contributed by atoms with Crippen molar-refractivity contribution < 1.29 is 8.85 Å². The Hall–Kier alpha value is 0.137. The molecule has 0 saturated heterocycles. The Balaban J connectivity index is 3.60. The second kappa shape index (κ2) is 12.8. The Morgan fingerprint density at radius 1 is 0.800 bits per heavy atom. The van der Waals surface area contributed by atoms with Gasteiger partial charge in [-0.05, 0) is 32.9 Å². The summed E-state index contributed by atoms with van der Waals surface area (Å²) >= 11 is 0. The van der Waals surface area contributed by atoms with Crippen LogP contribution in [0.3, 0.4) is 0 Å². The predicted molar refractivity (Wildman–Crippen MR) is 91.5 cm³/mol. The molecule has 20 heavy (non-hydrogen) atoms. The van der Waals surface area contributed by atoms with E-state index in [1.54, 1.807) is 0 Å². The van der Waals surface area contributed by atoms with Crippen molar-refractivity contribution in [2.75, 3.05) is 6.61 Å². The van der Waals surface area contributed by atoms with Gasteiger partial charge in [-0.15, -0.1) is 0 Å². The van der Waals surface area contributed by atoms with E-state index >= 15 is 0 Å². The maximum absolute atomic E-state index is 6.16. The zero-order valence-corrected chi connectivity index (χ0v) is 15.7. The van der Waals surface area contributed by atoms with Gasteiger partial charge in [0, 0.05) is 12.7 Å².